The van der Waals surface area contributed by atoms with Crippen molar-refractivity contribution in [3.63, 3.8) is 0 Å². The summed E-state index contributed by atoms with van der Waals surface area (Å²) in [6.45, 7) is 3.58. The maximum atomic E-state index is 13.4. The first-order valence-electron chi connectivity index (χ1n) is 10.6. The third-order valence-corrected chi connectivity index (χ3v) is 6.60. The normalized spacial score (nSPS) is 11.3. The zero-order valence-corrected chi connectivity index (χ0v) is 19.9. The average Bonchev–Trinajstić information content (AvgIpc) is 2.84. The Morgan fingerprint density at radius 1 is 1.11 bits per heavy atom. The molecule has 0 saturated heterocycles. The number of benzene rings is 3. The van der Waals surface area contributed by atoms with Gasteiger partial charge in [-0.3, -0.25) is 19.2 Å². The highest BCUT2D eigenvalue weighted by molar-refractivity contribution is 7.92. The Balaban J connectivity index is 1.83. The zero-order chi connectivity index (χ0) is 25.4. The standard InChI is InChI=1S/C24H24N4O6S/c1-3-34-22-11-9-20(10-12-22)27(35(32,33)23-13-7-18(2)8-14-23)17-24(29)26-25-16-19-5-4-6-21(15-19)28(30)31/h4-16H,3,17H2,1-2H3,(H,26,29)/b25-16-. The van der Waals surface area contributed by atoms with Crippen molar-refractivity contribution in [2.45, 2.75) is 18.7 Å². The van der Waals surface area contributed by atoms with Gasteiger partial charge in [-0.1, -0.05) is 29.8 Å². The molecule has 0 saturated carbocycles. The number of aryl methyl sites for hydroxylation is 1. The van der Waals surface area contributed by atoms with Gasteiger partial charge in [0.15, 0.2) is 0 Å². The van der Waals surface area contributed by atoms with Crippen molar-refractivity contribution in [2.75, 3.05) is 17.5 Å². The number of non-ortho nitro benzene ring substituents is 1. The lowest BCUT2D eigenvalue weighted by Crippen LogP contribution is -2.39. The van der Waals surface area contributed by atoms with E-state index in [4.69, 9.17) is 4.74 Å². The van der Waals surface area contributed by atoms with Crippen LogP contribution in [0.2, 0.25) is 0 Å². The van der Waals surface area contributed by atoms with E-state index in [1.807, 2.05) is 13.8 Å². The highest BCUT2D eigenvalue weighted by atomic mass is 32.2. The molecular weight excluding hydrogens is 472 g/mol. The first-order valence-corrected chi connectivity index (χ1v) is 12.0. The monoisotopic (exact) mass is 496 g/mol. The third kappa shape index (κ3) is 6.64. The molecule has 0 aliphatic heterocycles. The predicted molar refractivity (Wildman–Crippen MR) is 132 cm³/mol. The van der Waals surface area contributed by atoms with Crippen LogP contribution in [0.1, 0.15) is 18.1 Å². The number of anilines is 1. The van der Waals surface area contributed by atoms with Gasteiger partial charge < -0.3 is 4.74 Å². The number of carbonyl (C=O) groups is 1. The lowest BCUT2D eigenvalue weighted by Gasteiger charge is -2.24. The lowest BCUT2D eigenvalue weighted by atomic mass is 10.2. The van der Waals surface area contributed by atoms with Crippen molar-refractivity contribution in [2.24, 2.45) is 5.10 Å². The molecule has 0 heterocycles. The second-order valence-corrected chi connectivity index (χ2v) is 9.26. The number of hydrazone groups is 1. The van der Waals surface area contributed by atoms with Crippen LogP contribution >= 0.6 is 0 Å². The molecule has 35 heavy (non-hydrogen) atoms. The van der Waals surface area contributed by atoms with Crippen molar-refractivity contribution < 1.29 is 22.9 Å². The Hall–Kier alpha value is -4.25. The number of hydrogen-bond donors (Lipinski definition) is 1. The minimum absolute atomic E-state index is 0.0323. The molecule has 0 aliphatic carbocycles. The van der Waals surface area contributed by atoms with Crippen LogP contribution in [0.15, 0.2) is 82.8 Å². The van der Waals surface area contributed by atoms with Crippen LogP contribution in [0.4, 0.5) is 11.4 Å². The number of nitro benzene ring substituents is 1. The van der Waals surface area contributed by atoms with E-state index in [1.165, 1.54) is 36.5 Å². The highest BCUT2D eigenvalue weighted by Gasteiger charge is 2.27. The van der Waals surface area contributed by atoms with Crippen molar-refractivity contribution >= 4 is 33.5 Å². The van der Waals surface area contributed by atoms with Crippen LogP contribution in [0.5, 0.6) is 5.75 Å². The van der Waals surface area contributed by atoms with E-state index in [2.05, 4.69) is 10.5 Å². The Bertz CT molecular complexity index is 1320. The highest BCUT2D eigenvalue weighted by Crippen LogP contribution is 2.26. The van der Waals surface area contributed by atoms with Crippen LogP contribution in [0, 0.1) is 17.0 Å². The topological polar surface area (TPSA) is 131 Å². The largest absolute Gasteiger partial charge is 0.494 e. The van der Waals surface area contributed by atoms with Gasteiger partial charge in [-0.15, -0.1) is 0 Å². The number of hydrogen-bond acceptors (Lipinski definition) is 7. The maximum Gasteiger partial charge on any atom is 0.270 e. The molecule has 0 radical (unpaired) electrons. The molecule has 0 aliphatic rings. The van der Waals surface area contributed by atoms with Gasteiger partial charge in [0.1, 0.15) is 12.3 Å². The maximum absolute atomic E-state index is 13.4. The lowest BCUT2D eigenvalue weighted by molar-refractivity contribution is -0.384. The molecule has 182 valence electrons. The summed E-state index contributed by atoms with van der Waals surface area (Å²) < 4.78 is 33.2. The number of carbonyl (C=O) groups excluding carboxylic acids is 1. The molecule has 0 unspecified atom stereocenters. The van der Waals surface area contributed by atoms with E-state index in [0.717, 1.165) is 9.87 Å². The van der Waals surface area contributed by atoms with Gasteiger partial charge in [-0.2, -0.15) is 5.10 Å². The summed E-state index contributed by atoms with van der Waals surface area (Å²) in [5, 5.41) is 14.7. The van der Waals surface area contributed by atoms with Gasteiger partial charge in [0.05, 0.1) is 28.3 Å². The summed E-state index contributed by atoms with van der Waals surface area (Å²) in [5.41, 5.74) is 3.72. The van der Waals surface area contributed by atoms with Gasteiger partial charge in [0.2, 0.25) is 0 Å². The number of rotatable bonds is 10. The number of nitrogens with zero attached hydrogens (tertiary/aromatic N) is 3. The second kappa shape index (κ2) is 11.3. The Morgan fingerprint density at radius 2 is 1.80 bits per heavy atom. The van der Waals surface area contributed by atoms with Gasteiger partial charge in [-0.25, -0.2) is 13.8 Å². The molecule has 0 bridgehead atoms. The third-order valence-electron chi connectivity index (χ3n) is 4.82. The fraction of sp³-hybridized carbons (Fsp3) is 0.167. The predicted octanol–water partition coefficient (Wildman–Crippen LogP) is 3.65. The van der Waals surface area contributed by atoms with Crippen molar-refractivity contribution in [1.29, 1.82) is 0 Å². The second-order valence-electron chi connectivity index (χ2n) is 7.40. The summed E-state index contributed by atoms with van der Waals surface area (Å²) >= 11 is 0. The van der Waals surface area contributed by atoms with Crippen LogP contribution < -0.4 is 14.5 Å². The first-order chi connectivity index (χ1) is 16.7. The minimum atomic E-state index is -4.08. The summed E-state index contributed by atoms with van der Waals surface area (Å²) in [4.78, 5) is 23.0. The van der Waals surface area contributed by atoms with E-state index in [1.54, 1.807) is 42.5 Å². The summed E-state index contributed by atoms with van der Waals surface area (Å²) in [6.07, 6.45) is 1.24. The van der Waals surface area contributed by atoms with Gasteiger partial charge >= 0.3 is 0 Å². The van der Waals surface area contributed by atoms with E-state index >= 15 is 0 Å². The molecule has 3 aromatic rings. The molecule has 1 amide bonds. The van der Waals surface area contributed by atoms with Crippen LogP contribution in [0.25, 0.3) is 0 Å². The number of nitro groups is 1. The quantitative estimate of drug-likeness (QED) is 0.259. The van der Waals surface area contributed by atoms with Gasteiger partial charge in [-0.05, 0) is 50.2 Å². The molecule has 10 nitrogen and oxygen atoms in total. The zero-order valence-electron chi connectivity index (χ0n) is 19.1. The summed E-state index contributed by atoms with van der Waals surface area (Å²) in [5.74, 6) is -0.133. The van der Waals surface area contributed by atoms with Gasteiger partial charge in [0, 0.05) is 17.7 Å². The van der Waals surface area contributed by atoms with E-state index in [-0.39, 0.29) is 16.3 Å². The van der Waals surface area contributed by atoms with Crippen LogP contribution in [-0.4, -0.2) is 38.6 Å². The van der Waals surface area contributed by atoms with Crippen molar-refractivity contribution in [3.8, 4) is 5.75 Å². The van der Waals surface area contributed by atoms with Crippen LogP contribution in [0.3, 0.4) is 0 Å². The number of sulfonamides is 1. The molecule has 3 rings (SSSR count). The van der Waals surface area contributed by atoms with E-state index in [9.17, 15) is 23.3 Å². The Kier molecular flexibility index (Phi) is 8.16. The fourth-order valence-corrected chi connectivity index (χ4v) is 4.51. The summed E-state index contributed by atoms with van der Waals surface area (Å²) in [7, 11) is -4.08. The molecule has 3 aromatic carbocycles. The molecule has 0 atom stereocenters. The average molecular weight is 497 g/mol. The molecule has 11 heteroatoms. The SMILES string of the molecule is CCOc1ccc(N(CC(=O)N/N=C\c2cccc([N+](=O)[O-])c2)S(=O)(=O)c2ccc(C)cc2)cc1. The smallest absolute Gasteiger partial charge is 0.270 e. The Labute approximate surface area is 203 Å². The minimum Gasteiger partial charge on any atom is -0.494 e. The van der Waals surface area contributed by atoms with Crippen molar-refractivity contribution in [1.82, 2.24) is 5.43 Å². The molecule has 0 aromatic heterocycles. The fourth-order valence-electron chi connectivity index (χ4n) is 3.09. The molecule has 0 fully saturated rings. The van der Waals surface area contributed by atoms with Crippen molar-refractivity contribution in [3.05, 3.63) is 94.0 Å². The van der Waals surface area contributed by atoms with E-state index < -0.39 is 27.4 Å². The van der Waals surface area contributed by atoms with Gasteiger partial charge in [0.25, 0.3) is 21.6 Å². The number of amides is 1. The van der Waals surface area contributed by atoms with E-state index in [0.29, 0.717) is 17.9 Å². The Morgan fingerprint density at radius 3 is 2.43 bits per heavy atom. The molecule has 0 spiro atoms. The number of ether oxygens (including phenoxy) is 1. The van der Waals surface area contributed by atoms with Crippen LogP contribution in [-0.2, 0) is 14.8 Å². The molecule has 1 N–H and O–H groups in total. The first kappa shape index (κ1) is 25.4. The number of nitrogens with one attached hydrogen (secondary N) is 1. The summed E-state index contributed by atoms with van der Waals surface area (Å²) in [6, 6.07) is 18.3. The molecular formula is C24H24N4O6S.